The van der Waals surface area contributed by atoms with E-state index in [4.69, 9.17) is 9.26 Å². The van der Waals surface area contributed by atoms with Crippen LogP contribution in [-0.4, -0.2) is 21.8 Å². The molecule has 1 aromatic rings. The molecule has 1 aromatic heterocycles. The minimum absolute atomic E-state index is 0.453. The summed E-state index contributed by atoms with van der Waals surface area (Å²) < 4.78 is 10.3. The van der Waals surface area contributed by atoms with Crippen molar-refractivity contribution in [1.29, 1.82) is 0 Å². The molecule has 1 N–H and O–H groups in total. The number of amides is 1. The second-order valence-electron chi connectivity index (χ2n) is 5.36. The smallest absolute Gasteiger partial charge is 0.408 e. The lowest BCUT2D eigenvalue weighted by Crippen LogP contribution is -2.39. The number of carbonyl (C=O) groups excluding carboxylic acids is 1. The number of alkyl carbamates (subject to hydrolysis) is 1. The Labute approximate surface area is 99.7 Å². The van der Waals surface area contributed by atoms with Crippen LogP contribution in [0.4, 0.5) is 4.79 Å². The van der Waals surface area contributed by atoms with Gasteiger partial charge in [0.15, 0.2) is 5.82 Å². The van der Waals surface area contributed by atoms with Gasteiger partial charge in [0.1, 0.15) is 11.1 Å². The summed E-state index contributed by atoms with van der Waals surface area (Å²) in [6.07, 6.45) is 1.15. The molecule has 6 heteroatoms. The maximum absolute atomic E-state index is 11.7. The van der Waals surface area contributed by atoms with Crippen LogP contribution in [0, 0.1) is 6.92 Å². The summed E-state index contributed by atoms with van der Waals surface area (Å²) in [4.78, 5) is 15.8. The van der Waals surface area contributed by atoms with Crippen LogP contribution in [0.25, 0.3) is 0 Å². The molecule has 1 aliphatic carbocycles. The van der Waals surface area contributed by atoms with Crippen LogP contribution in [0.1, 0.15) is 45.3 Å². The standard InChI is InChI=1S/C11H17N3O3/c1-7-12-8(17-14-7)11(5-6-11)13-9(15)16-10(2,3)4/h5-6H2,1-4H3,(H,13,15). The lowest BCUT2D eigenvalue weighted by atomic mass is 10.2. The van der Waals surface area contributed by atoms with Crippen molar-refractivity contribution in [3.63, 3.8) is 0 Å². The molecular weight excluding hydrogens is 222 g/mol. The molecule has 0 aromatic carbocycles. The first-order valence-corrected chi connectivity index (χ1v) is 5.63. The van der Waals surface area contributed by atoms with E-state index in [1.165, 1.54) is 0 Å². The number of hydrogen-bond donors (Lipinski definition) is 1. The van der Waals surface area contributed by atoms with Gasteiger partial charge >= 0.3 is 6.09 Å². The summed E-state index contributed by atoms with van der Waals surface area (Å²) in [5, 5.41) is 6.52. The molecule has 1 fully saturated rings. The van der Waals surface area contributed by atoms with E-state index in [1.54, 1.807) is 6.92 Å². The van der Waals surface area contributed by atoms with Gasteiger partial charge in [0.05, 0.1) is 0 Å². The van der Waals surface area contributed by atoms with Gasteiger partial charge in [-0.15, -0.1) is 0 Å². The molecular formula is C11H17N3O3. The Morgan fingerprint density at radius 3 is 2.53 bits per heavy atom. The highest BCUT2D eigenvalue weighted by Gasteiger charge is 2.51. The minimum atomic E-state index is -0.510. The molecule has 1 saturated carbocycles. The Bertz CT molecular complexity index is 429. The summed E-state index contributed by atoms with van der Waals surface area (Å²) in [5.74, 6) is 1.03. The van der Waals surface area contributed by atoms with E-state index in [0.29, 0.717) is 11.7 Å². The molecule has 1 aliphatic rings. The van der Waals surface area contributed by atoms with Gasteiger partial charge in [-0.2, -0.15) is 4.98 Å². The largest absolute Gasteiger partial charge is 0.444 e. The number of nitrogens with zero attached hydrogens (tertiary/aromatic N) is 2. The fraction of sp³-hybridized carbons (Fsp3) is 0.727. The van der Waals surface area contributed by atoms with Crippen molar-refractivity contribution < 1.29 is 14.1 Å². The molecule has 17 heavy (non-hydrogen) atoms. The average molecular weight is 239 g/mol. The Morgan fingerprint density at radius 2 is 2.12 bits per heavy atom. The van der Waals surface area contributed by atoms with E-state index in [2.05, 4.69) is 15.5 Å². The maximum atomic E-state index is 11.7. The topological polar surface area (TPSA) is 77.2 Å². The van der Waals surface area contributed by atoms with E-state index in [0.717, 1.165) is 12.8 Å². The van der Waals surface area contributed by atoms with Crippen LogP contribution in [0.2, 0.25) is 0 Å². The highest BCUT2D eigenvalue weighted by Crippen LogP contribution is 2.44. The molecule has 0 radical (unpaired) electrons. The molecule has 6 nitrogen and oxygen atoms in total. The highest BCUT2D eigenvalue weighted by atomic mass is 16.6. The number of hydrogen-bond acceptors (Lipinski definition) is 5. The van der Waals surface area contributed by atoms with Crippen LogP contribution in [0.15, 0.2) is 4.52 Å². The van der Waals surface area contributed by atoms with Crippen molar-refractivity contribution in [2.45, 2.75) is 51.7 Å². The number of aryl methyl sites for hydroxylation is 1. The molecule has 0 unspecified atom stereocenters. The normalized spacial score (nSPS) is 17.6. The Hall–Kier alpha value is -1.59. The summed E-state index contributed by atoms with van der Waals surface area (Å²) >= 11 is 0. The number of rotatable bonds is 2. The van der Waals surface area contributed by atoms with Gasteiger partial charge in [0.25, 0.3) is 5.89 Å². The first kappa shape index (κ1) is 11.9. The lowest BCUT2D eigenvalue weighted by Gasteiger charge is -2.21. The van der Waals surface area contributed by atoms with Crippen LogP contribution >= 0.6 is 0 Å². The molecule has 1 heterocycles. The average Bonchev–Trinajstić information content (AvgIpc) is 2.77. The predicted octanol–water partition coefficient (Wildman–Crippen LogP) is 1.89. The molecule has 1 amide bonds. The van der Waals surface area contributed by atoms with Crippen LogP contribution in [-0.2, 0) is 10.3 Å². The molecule has 0 aliphatic heterocycles. The van der Waals surface area contributed by atoms with Gasteiger partial charge in [-0.1, -0.05) is 5.16 Å². The fourth-order valence-corrected chi connectivity index (χ4v) is 1.51. The SMILES string of the molecule is Cc1noc(C2(NC(=O)OC(C)(C)C)CC2)n1. The second-order valence-corrected chi connectivity index (χ2v) is 5.36. The monoisotopic (exact) mass is 239 g/mol. The molecule has 94 valence electrons. The third-order valence-electron chi connectivity index (χ3n) is 2.43. The van der Waals surface area contributed by atoms with Gasteiger partial charge in [-0.25, -0.2) is 4.79 Å². The number of nitrogens with one attached hydrogen (secondary N) is 1. The van der Waals surface area contributed by atoms with Gasteiger partial charge in [0.2, 0.25) is 0 Å². The van der Waals surface area contributed by atoms with E-state index < -0.39 is 17.2 Å². The molecule has 0 bridgehead atoms. The summed E-state index contributed by atoms with van der Waals surface area (Å²) in [5.41, 5.74) is -1.02. The van der Waals surface area contributed by atoms with Crippen LogP contribution < -0.4 is 5.32 Å². The quantitative estimate of drug-likeness (QED) is 0.852. The summed E-state index contributed by atoms with van der Waals surface area (Å²) in [6.45, 7) is 7.21. The van der Waals surface area contributed by atoms with Gasteiger partial charge in [-0.3, -0.25) is 0 Å². The van der Waals surface area contributed by atoms with E-state index in [1.807, 2.05) is 20.8 Å². The summed E-state index contributed by atoms with van der Waals surface area (Å²) in [6, 6.07) is 0. The summed E-state index contributed by atoms with van der Waals surface area (Å²) in [7, 11) is 0. The van der Waals surface area contributed by atoms with E-state index in [-0.39, 0.29) is 0 Å². The maximum Gasteiger partial charge on any atom is 0.408 e. The first-order valence-electron chi connectivity index (χ1n) is 5.63. The third-order valence-corrected chi connectivity index (χ3v) is 2.43. The van der Waals surface area contributed by atoms with E-state index in [9.17, 15) is 4.79 Å². The minimum Gasteiger partial charge on any atom is -0.444 e. The Balaban J connectivity index is 2.02. The van der Waals surface area contributed by atoms with Gasteiger partial charge in [0, 0.05) is 0 Å². The zero-order valence-electron chi connectivity index (χ0n) is 10.5. The van der Waals surface area contributed by atoms with Gasteiger partial charge in [-0.05, 0) is 40.5 Å². The van der Waals surface area contributed by atoms with Crippen LogP contribution in [0.5, 0.6) is 0 Å². The molecule has 2 rings (SSSR count). The highest BCUT2D eigenvalue weighted by molar-refractivity contribution is 5.69. The van der Waals surface area contributed by atoms with Crippen molar-refractivity contribution >= 4 is 6.09 Å². The van der Waals surface area contributed by atoms with Crippen molar-refractivity contribution in [3.8, 4) is 0 Å². The van der Waals surface area contributed by atoms with Gasteiger partial charge < -0.3 is 14.6 Å². The van der Waals surface area contributed by atoms with Crippen LogP contribution in [0.3, 0.4) is 0 Å². The molecule has 0 spiro atoms. The number of ether oxygens (including phenoxy) is 1. The molecule has 0 atom stereocenters. The first-order chi connectivity index (χ1) is 7.81. The molecule has 0 saturated heterocycles. The lowest BCUT2D eigenvalue weighted by molar-refractivity contribution is 0.0483. The van der Waals surface area contributed by atoms with E-state index >= 15 is 0 Å². The predicted molar refractivity (Wildman–Crippen MR) is 59.3 cm³/mol. The van der Waals surface area contributed by atoms with Crippen molar-refractivity contribution in [2.24, 2.45) is 0 Å². The second kappa shape index (κ2) is 3.72. The Kier molecular flexibility index (Phi) is 2.60. The third kappa shape index (κ3) is 2.75. The Morgan fingerprint density at radius 1 is 1.47 bits per heavy atom. The van der Waals surface area contributed by atoms with Crippen molar-refractivity contribution in [3.05, 3.63) is 11.7 Å². The van der Waals surface area contributed by atoms with Crippen molar-refractivity contribution in [1.82, 2.24) is 15.5 Å². The number of carbonyl (C=O) groups is 1. The van der Waals surface area contributed by atoms with Crippen molar-refractivity contribution in [2.75, 3.05) is 0 Å². The fourth-order valence-electron chi connectivity index (χ4n) is 1.51. The zero-order valence-corrected chi connectivity index (χ0v) is 10.5. The zero-order chi connectivity index (χ0) is 12.7. The number of aromatic nitrogens is 2.